The van der Waals surface area contributed by atoms with Gasteiger partial charge in [0, 0.05) is 12.0 Å². The monoisotopic (exact) mass is 353 g/mol. The summed E-state index contributed by atoms with van der Waals surface area (Å²) < 4.78 is 5.70. The summed E-state index contributed by atoms with van der Waals surface area (Å²) in [7, 11) is 0. The van der Waals surface area contributed by atoms with E-state index in [0.29, 0.717) is 17.3 Å². The number of hydrogen-bond donors (Lipinski definition) is 1. The maximum atomic E-state index is 12.3. The van der Waals surface area contributed by atoms with Crippen LogP contribution in [-0.4, -0.2) is 16.1 Å². The molecule has 0 spiro atoms. The first-order valence-corrected chi connectivity index (χ1v) is 8.97. The molecule has 3 aromatic rings. The second-order valence-electron chi connectivity index (χ2n) is 5.50. The lowest BCUT2D eigenvalue weighted by atomic mass is 10.1. The van der Waals surface area contributed by atoms with Gasteiger partial charge < -0.3 is 4.74 Å². The lowest BCUT2D eigenvalue weighted by molar-refractivity contribution is 0.102. The van der Waals surface area contributed by atoms with E-state index < -0.39 is 0 Å². The van der Waals surface area contributed by atoms with Crippen molar-refractivity contribution in [2.45, 2.75) is 26.4 Å². The van der Waals surface area contributed by atoms with Gasteiger partial charge in [0.2, 0.25) is 5.13 Å². The van der Waals surface area contributed by atoms with Gasteiger partial charge in [0.25, 0.3) is 5.91 Å². The third-order valence-electron chi connectivity index (χ3n) is 3.52. The molecule has 1 amide bonds. The van der Waals surface area contributed by atoms with Gasteiger partial charge in [0.1, 0.15) is 17.4 Å². The van der Waals surface area contributed by atoms with Crippen LogP contribution in [0.4, 0.5) is 5.13 Å². The van der Waals surface area contributed by atoms with Gasteiger partial charge in [-0.3, -0.25) is 10.1 Å². The minimum atomic E-state index is -0.185. The third kappa shape index (κ3) is 4.87. The van der Waals surface area contributed by atoms with Crippen LogP contribution in [0.2, 0.25) is 0 Å². The Kier molecular flexibility index (Phi) is 5.74. The zero-order chi connectivity index (χ0) is 17.5. The Morgan fingerprint density at radius 3 is 2.56 bits per heavy atom. The number of hydrogen-bond acceptors (Lipinski definition) is 5. The molecule has 1 heterocycles. The Morgan fingerprint density at radius 2 is 1.84 bits per heavy atom. The van der Waals surface area contributed by atoms with Crippen molar-refractivity contribution in [2.75, 3.05) is 5.32 Å². The summed E-state index contributed by atoms with van der Waals surface area (Å²) in [5, 5.41) is 12.3. The minimum Gasteiger partial charge on any atom is -0.489 e. The molecule has 5 nitrogen and oxygen atoms in total. The second-order valence-corrected chi connectivity index (χ2v) is 6.57. The SMILES string of the molecule is CCCc1nnc(NC(=O)c2ccc(COc3ccccc3)cc2)s1. The fraction of sp³-hybridized carbons (Fsp3) is 0.211. The molecule has 0 bridgehead atoms. The molecule has 128 valence electrons. The van der Waals surface area contributed by atoms with Crippen LogP contribution in [0.1, 0.15) is 34.3 Å². The van der Waals surface area contributed by atoms with Crippen LogP contribution in [-0.2, 0) is 13.0 Å². The van der Waals surface area contributed by atoms with E-state index in [1.54, 1.807) is 12.1 Å². The van der Waals surface area contributed by atoms with Crippen LogP contribution >= 0.6 is 11.3 Å². The molecule has 0 saturated carbocycles. The van der Waals surface area contributed by atoms with Crippen LogP contribution in [0.25, 0.3) is 0 Å². The first kappa shape index (κ1) is 17.1. The molecule has 0 saturated heterocycles. The zero-order valence-electron chi connectivity index (χ0n) is 13.9. The number of para-hydroxylation sites is 1. The largest absolute Gasteiger partial charge is 0.489 e. The van der Waals surface area contributed by atoms with Crippen LogP contribution in [0.15, 0.2) is 54.6 Å². The minimum absolute atomic E-state index is 0.185. The van der Waals surface area contributed by atoms with Crippen molar-refractivity contribution in [2.24, 2.45) is 0 Å². The van der Waals surface area contributed by atoms with Gasteiger partial charge in [0.05, 0.1) is 0 Å². The Balaban J connectivity index is 1.56. The highest BCUT2D eigenvalue weighted by atomic mass is 32.1. The number of nitrogens with one attached hydrogen (secondary N) is 1. The average molecular weight is 353 g/mol. The molecule has 1 N–H and O–H groups in total. The summed E-state index contributed by atoms with van der Waals surface area (Å²) in [6.45, 7) is 2.55. The molecule has 0 aliphatic heterocycles. The van der Waals surface area contributed by atoms with Crippen molar-refractivity contribution >= 4 is 22.4 Å². The molecule has 6 heteroatoms. The van der Waals surface area contributed by atoms with Crippen molar-refractivity contribution in [3.8, 4) is 5.75 Å². The Bertz CT molecular complexity index is 816. The number of aryl methyl sites for hydroxylation is 1. The predicted octanol–water partition coefficient (Wildman–Crippen LogP) is 4.32. The molecular formula is C19H19N3O2S. The first-order valence-electron chi connectivity index (χ1n) is 8.15. The zero-order valence-corrected chi connectivity index (χ0v) is 14.8. The fourth-order valence-corrected chi connectivity index (χ4v) is 3.06. The molecule has 25 heavy (non-hydrogen) atoms. The number of rotatable bonds is 7. The van der Waals surface area contributed by atoms with Gasteiger partial charge in [-0.05, 0) is 36.2 Å². The van der Waals surface area contributed by atoms with Gasteiger partial charge >= 0.3 is 0 Å². The van der Waals surface area contributed by atoms with E-state index in [0.717, 1.165) is 29.2 Å². The Hall–Kier alpha value is -2.73. The summed E-state index contributed by atoms with van der Waals surface area (Å²) in [6.07, 6.45) is 1.89. The molecule has 0 atom stereocenters. The molecule has 0 unspecified atom stereocenters. The number of nitrogens with zero attached hydrogens (tertiary/aromatic N) is 2. The Labute approximate surface area is 150 Å². The average Bonchev–Trinajstić information content (AvgIpc) is 3.08. The van der Waals surface area contributed by atoms with Gasteiger partial charge in [-0.1, -0.05) is 48.6 Å². The van der Waals surface area contributed by atoms with Crippen LogP contribution < -0.4 is 10.1 Å². The highest BCUT2D eigenvalue weighted by Gasteiger charge is 2.10. The van der Waals surface area contributed by atoms with Gasteiger partial charge in [-0.2, -0.15) is 0 Å². The Morgan fingerprint density at radius 1 is 1.08 bits per heavy atom. The number of ether oxygens (including phenoxy) is 1. The summed E-state index contributed by atoms with van der Waals surface area (Å²) in [5.74, 6) is 0.637. The van der Waals surface area contributed by atoms with Crippen LogP contribution in [0.5, 0.6) is 5.75 Å². The molecule has 0 aliphatic rings. The molecule has 1 aromatic heterocycles. The fourth-order valence-electron chi connectivity index (χ4n) is 2.22. The lowest BCUT2D eigenvalue weighted by Crippen LogP contribution is -2.11. The van der Waals surface area contributed by atoms with Gasteiger partial charge in [-0.15, -0.1) is 10.2 Å². The van der Waals surface area contributed by atoms with Crippen molar-refractivity contribution < 1.29 is 9.53 Å². The summed E-state index contributed by atoms with van der Waals surface area (Å²) in [4.78, 5) is 12.3. The topological polar surface area (TPSA) is 64.1 Å². The number of amides is 1. The highest BCUT2D eigenvalue weighted by Crippen LogP contribution is 2.18. The smallest absolute Gasteiger partial charge is 0.257 e. The van der Waals surface area contributed by atoms with Crippen molar-refractivity contribution in [1.82, 2.24) is 10.2 Å². The third-order valence-corrected chi connectivity index (χ3v) is 4.41. The number of carbonyl (C=O) groups excluding carboxylic acids is 1. The maximum absolute atomic E-state index is 12.3. The van der Waals surface area contributed by atoms with E-state index in [1.165, 1.54) is 11.3 Å². The van der Waals surface area contributed by atoms with E-state index in [2.05, 4.69) is 22.4 Å². The molecule has 0 fully saturated rings. The van der Waals surface area contributed by atoms with Crippen molar-refractivity contribution in [3.05, 3.63) is 70.7 Å². The molecule has 0 radical (unpaired) electrons. The van der Waals surface area contributed by atoms with Crippen molar-refractivity contribution in [1.29, 1.82) is 0 Å². The van der Waals surface area contributed by atoms with Gasteiger partial charge in [-0.25, -0.2) is 0 Å². The first-order chi connectivity index (χ1) is 12.2. The van der Waals surface area contributed by atoms with E-state index in [4.69, 9.17) is 4.74 Å². The van der Waals surface area contributed by atoms with Crippen LogP contribution in [0.3, 0.4) is 0 Å². The second kappa shape index (κ2) is 8.39. The standard InChI is InChI=1S/C19H19N3O2S/c1-2-6-17-21-22-19(25-17)20-18(23)15-11-9-14(10-12-15)13-24-16-7-4-3-5-8-16/h3-5,7-12H,2,6,13H2,1H3,(H,20,22,23). The number of carbonyl (C=O) groups is 1. The highest BCUT2D eigenvalue weighted by molar-refractivity contribution is 7.15. The normalized spacial score (nSPS) is 10.4. The van der Waals surface area contributed by atoms with Gasteiger partial charge in [0.15, 0.2) is 0 Å². The molecule has 0 aliphatic carbocycles. The van der Waals surface area contributed by atoms with E-state index in [-0.39, 0.29) is 5.91 Å². The van der Waals surface area contributed by atoms with E-state index in [1.807, 2.05) is 42.5 Å². The van der Waals surface area contributed by atoms with E-state index >= 15 is 0 Å². The van der Waals surface area contributed by atoms with E-state index in [9.17, 15) is 4.79 Å². The molecule has 2 aromatic carbocycles. The molecule has 3 rings (SSSR count). The summed E-state index contributed by atoms with van der Waals surface area (Å²) in [5.41, 5.74) is 1.58. The predicted molar refractivity (Wildman–Crippen MR) is 99.1 cm³/mol. The van der Waals surface area contributed by atoms with Crippen molar-refractivity contribution in [3.63, 3.8) is 0 Å². The summed E-state index contributed by atoms with van der Waals surface area (Å²) >= 11 is 1.42. The molecular weight excluding hydrogens is 334 g/mol. The quantitative estimate of drug-likeness (QED) is 0.687. The number of benzene rings is 2. The number of anilines is 1. The van der Waals surface area contributed by atoms with Crippen LogP contribution in [0, 0.1) is 0 Å². The number of aromatic nitrogens is 2. The summed E-state index contributed by atoms with van der Waals surface area (Å²) in [6, 6.07) is 17.0. The maximum Gasteiger partial charge on any atom is 0.257 e. The lowest BCUT2D eigenvalue weighted by Gasteiger charge is -2.07.